The SMILES string of the molecule is COC(=O)C1(C(F)(F)F)SC12SC(c1ccccc1)=NC2(C)C. The van der Waals surface area contributed by atoms with Crippen LogP contribution in [0, 0.1) is 0 Å². The molecule has 2 aliphatic heterocycles. The van der Waals surface area contributed by atoms with Gasteiger partial charge in [0, 0.05) is 5.56 Å². The molecule has 1 saturated heterocycles. The average molecular weight is 361 g/mol. The summed E-state index contributed by atoms with van der Waals surface area (Å²) in [5, 5.41) is 0.512. The van der Waals surface area contributed by atoms with E-state index in [9.17, 15) is 18.0 Å². The molecule has 1 aromatic carbocycles. The van der Waals surface area contributed by atoms with Crippen molar-refractivity contribution in [2.75, 3.05) is 7.11 Å². The van der Waals surface area contributed by atoms with E-state index in [1.807, 2.05) is 6.07 Å². The minimum Gasteiger partial charge on any atom is -0.468 e. The van der Waals surface area contributed by atoms with Crippen molar-refractivity contribution < 1.29 is 22.7 Å². The third-order valence-electron chi connectivity index (χ3n) is 4.04. The Labute approximate surface area is 140 Å². The zero-order valence-electron chi connectivity index (χ0n) is 12.6. The number of hydrogen-bond acceptors (Lipinski definition) is 5. The molecular formula is C15H14F3NO2S2. The number of halogens is 3. The number of benzene rings is 1. The number of methoxy groups -OCH3 is 1. The van der Waals surface area contributed by atoms with Crippen molar-refractivity contribution in [1.29, 1.82) is 0 Å². The normalized spacial score (nSPS) is 31.8. The third kappa shape index (κ3) is 2.07. The number of aliphatic imine (C=N–C) groups is 1. The number of carbonyl (C=O) groups excluding carboxylic acids is 1. The van der Waals surface area contributed by atoms with E-state index in [0.717, 1.165) is 24.4 Å². The van der Waals surface area contributed by atoms with Crippen molar-refractivity contribution in [2.24, 2.45) is 4.99 Å². The Morgan fingerprint density at radius 2 is 1.83 bits per heavy atom. The molecule has 0 amide bonds. The highest BCUT2D eigenvalue weighted by atomic mass is 32.2. The molecule has 1 spiro atoms. The molecule has 3 nitrogen and oxygen atoms in total. The molecule has 2 unspecified atom stereocenters. The maximum absolute atomic E-state index is 13.7. The highest BCUT2D eigenvalue weighted by Crippen LogP contribution is 2.81. The van der Waals surface area contributed by atoms with Gasteiger partial charge in [0.05, 0.1) is 17.7 Å². The van der Waals surface area contributed by atoms with Crippen LogP contribution >= 0.6 is 23.5 Å². The molecule has 124 valence electrons. The second-order valence-corrected chi connectivity index (χ2v) is 8.72. The second kappa shape index (κ2) is 4.92. The van der Waals surface area contributed by atoms with Gasteiger partial charge in [0.15, 0.2) is 0 Å². The Morgan fingerprint density at radius 3 is 2.35 bits per heavy atom. The van der Waals surface area contributed by atoms with Crippen molar-refractivity contribution in [3.8, 4) is 0 Å². The number of esters is 1. The summed E-state index contributed by atoms with van der Waals surface area (Å²) in [7, 11) is 0.980. The smallest absolute Gasteiger partial charge is 0.416 e. The van der Waals surface area contributed by atoms with E-state index in [2.05, 4.69) is 9.73 Å². The van der Waals surface area contributed by atoms with Gasteiger partial charge in [-0.3, -0.25) is 9.79 Å². The van der Waals surface area contributed by atoms with Crippen LogP contribution in [0.1, 0.15) is 19.4 Å². The van der Waals surface area contributed by atoms with Crippen LogP contribution in [0.5, 0.6) is 0 Å². The summed E-state index contributed by atoms with van der Waals surface area (Å²) in [6.45, 7) is 3.25. The van der Waals surface area contributed by atoms with E-state index in [1.54, 1.807) is 38.1 Å². The summed E-state index contributed by atoms with van der Waals surface area (Å²) in [4.78, 5) is 16.5. The van der Waals surface area contributed by atoms with E-state index in [0.29, 0.717) is 16.8 Å². The zero-order chi connectivity index (χ0) is 17.1. The summed E-state index contributed by atoms with van der Waals surface area (Å²) in [6.07, 6.45) is -4.71. The molecule has 2 atom stereocenters. The lowest BCUT2D eigenvalue weighted by molar-refractivity contribution is -0.181. The van der Waals surface area contributed by atoms with Gasteiger partial charge >= 0.3 is 12.1 Å². The van der Waals surface area contributed by atoms with Crippen LogP contribution in [0.25, 0.3) is 0 Å². The van der Waals surface area contributed by atoms with Gasteiger partial charge in [-0.1, -0.05) is 42.1 Å². The van der Waals surface area contributed by atoms with Crippen LogP contribution in [0.4, 0.5) is 13.2 Å². The molecule has 0 bridgehead atoms. The van der Waals surface area contributed by atoms with E-state index >= 15 is 0 Å². The van der Waals surface area contributed by atoms with Gasteiger partial charge < -0.3 is 4.74 Å². The summed E-state index contributed by atoms with van der Waals surface area (Å²) in [6, 6.07) is 9.01. The van der Waals surface area contributed by atoms with Crippen molar-refractivity contribution in [3.63, 3.8) is 0 Å². The van der Waals surface area contributed by atoms with Gasteiger partial charge in [0.25, 0.3) is 0 Å². The minimum atomic E-state index is -4.71. The molecule has 0 saturated carbocycles. The van der Waals surface area contributed by atoms with Gasteiger partial charge in [-0.05, 0) is 13.8 Å². The number of alkyl halides is 3. The molecule has 0 N–H and O–H groups in total. The first kappa shape index (κ1) is 16.7. The molecular weight excluding hydrogens is 347 g/mol. The van der Waals surface area contributed by atoms with Gasteiger partial charge in [0.1, 0.15) is 4.08 Å². The molecule has 0 radical (unpaired) electrons. The Kier molecular flexibility index (Phi) is 3.57. The van der Waals surface area contributed by atoms with Crippen LogP contribution in [0.2, 0.25) is 0 Å². The van der Waals surface area contributed by atoms with Crippen molar-refractivity contribution >= 4 is 34.5 Å². The number of hydrogen-bond donors (Lipinski definition) is 0. The lowest BCUT2D eigenvalue weighted by Crippen LogP contribution is -2.51. The van der Waals surface area contributed by atoms with E-state index in [1.165, 1.54) is 0 Å². The summed E-state index contributed by atoms with van der Waals surface area (Å²) in [5.74, 6) is -1.26. The van der Waals surface area contributed by atoms with Crippen molar-refractivity contribution in [2.45, 2.75) is 34.4 Å². The fraction of sp³-hybridized carbons (Fsp3) is 0.467. The molecule has 0 aliphatic carbocycles. The molecule has 23 heavy (non-hydrogen) atoms. The maximum atomic E-state index is 13.7. The van der Waals surface area contributed by atoms with Crippen LogP contribution < -0.4 is 0 Å². The zero-order valence-corrected chi connectivity index (χ0v) is 14.2. The Bertz CT molecular complexity index is 690. The molecule has 2 aliphatic rings. The Balaban J connectivity index is 2.04. The van der Waals surface area contributed by atoms with Gasteiger partial charge in [0.2, 0.25) is 4.75 Å². The van der Waals surface area contributed by atoms with Crippen molar-refractivity contribution in [3.05, 3.63) is 35.9 Å². The summed E-state index contributed by atoms with van der Waals surface area (Å²) >= 11 is 1.60. The molecule has 2 heterocycles. The first-order chi connectivity index (χ1) is 10.6. The maximum Gasteiger partial charge on any atom is 0.416 e. The molecule has 1 aromatic rings. The second-order valence-electron chi connectivity index (χ2n) is 5.83. The standard InChI is InChI=1S/C15H14F3NO2S2/c1-12(2)14(13(23-14,11(20)21-3)15(16,17)18)22-10(19-12)9-7-5-4-6-8-9/h4-8H,1-3H3. The quantitative estimate of drug-likeness (QED) is 0.592. The minimum absolute atomic E-state index is 0.512. The number of nitrogens with zero attached hydrogens (tertiary/aromatic N) is 1. The Hall–Kier alpha value is -1.15. The highest BCUT2D eigenvalue weighted by Gasteiger charge is 2.92. The van der Waals surface area contributed by atoms with Crippen LogP contribution in [0.3, 0.4) is 0 Å². The van der Waals surface area contributed by atoms with E-state index < -0.39 is 26.5 Å². The number of rotatable bonds is 2. The average Bonchev–Trinajstić information content (AvgIpc) is 3.11. The third-order valence-corrected chi connectivity index (χ3v) is 8.18. The number of thioether (sulfide) groups is 2. The first-order valence-electron chi connectivity index (χ1n) is 6.81. The van der Waals surface area contributed by atoms with Gasteiger partial charge in [-0.25, -0.2) is 0 Å². The van der Waals surface area contributed by atoms with Crippen LogP contribution in [-0.4, -0.2) is 38.7 Å². The predicted octanol–water partition coefficient (Wildman–Crippen LogP) is 3.88. The van der Waals surface area contributed by atoms with E-state index in [-0.39, 0.29) is 0 Å². The monoisotopic (exact) mass is 361 g/mol. The predicted molar refractivity (Wildman–Crippen MR) is 85.8 cm³/mol. The number of carbonyl (C=O) groups is 1. The molecule has 8 heteroatoms. The van der Waals surface area contributed by atoms with Crippen molar-refractivity contribution in [1.82, 2.24) is 0 Å². The fourth-order valence-electron chi connectivity index (χ4n) is 2.83. The topological polar surface area (TPSA) is 38.7 Å². The van der Waals surface area contributed by atoms with E-state index in [4.69, 9.17) is 0 Å². The lowest BCUT2D eigenvalue weighted by atomic mass is 9.89. The highest BCUT2D eigenvalue weighted by molar-refractivity contribution is 8.33. The molecule has 3 rings (SSSR count). The summed E-state index contributed by atoms with van der Waals surface area (Å²) < 4.78 is 41.6. The van der Waals surface area contributed by atoms with Crippen LogP contribution in [-0.2, 0) is 9.53 Å². The number of ether oxygens (including phenoxy) is 1. The Morgan fingerprint density at radius 1 is 1.22 bits per heavy atom. The van der Waals surface area contributed by atoms with Gasteiger partial charge in [-0.2, -0.15) is 13.2 Å². The largest absolute Gasteiger partial charge is 0.468 e. The summed E-state index contributed by atoms with van der Waals surface area (Å²) in [5.41, 5.74) is -0.312. The fourth-order valence-corrected chi connectivity index (χ4v) is 6.58. The van der Waals surface area contributed by atoms with Gasteiger partial charge in [-0.15, -0.1) is 11.8 Å². The lowest BCUT2D eigenvalue weighted by Gasteiger charge is -2.28. The molecule has 1 fully saturated rings. The molecule has 0 aromatic heterocycles. The first-order valence-corrected chi connectivity index (χ1v) is 8.44. The van der Waals surface area contributed by atoms with Crippen LogP contribution in [0.15, 0.2) is 35.3 Å².